The highest BCUT2D eigenvalue weighted by Gasteiger charge is 2.48. The van der Waals surface area contributed by atoms with Crippen LogP contribution in [0, 0.1) is 5.92 Å². The number of thioether (sulfide) groups is 1. The van der Waals surface area contributed by atoms with E-state index in [0.29, 0.717) is 62.3 Å². The molecule has 20 heteroatoms. The van der Waals surface area contributed by atoms with Crippen LogP contribution in [-0.4, -0.2) is 121 Å². The molecular formula is C49H56ClF3N6O7S3. The van der Waals surface area contributed by atoms with Crippen LogP contribution in [0.2, 0.25) is 5.02 Å². The van der Waals surface area contributed by atoms with Crippen LogP contribution in [0.15, 0.2) is 130 Å². The molecule has 0 radical (unpaired) electrons. The Bertz CT molecular complexity index is 2750. The molecule has 0 saturated carbocycles. The molecule has 2 unspecified atom stereocenters. The third kappa shape index (κ3) is 13.1. The number of hydrogen-bond acceptors (Lipinski definition) is 13. The van der Waals surface area contributed by atoms with Crippen LogP contribution >= 0.6 is 23.4 Å². The van der Waals surface area contributed by atoms with E-state index in [1.54, 1.807) is 19.2 Å². The minimum Gasteiger partial charge on any atom is -0.395 e. The Morgan fingerprint density at radius 1 is 0.855 bits per heavy atom. The number of nitrogens with zero attached hydrogens (tertiary/aromatic N) is 3. The molecule has 13 nitrogen and oxygen atoms in total. The maximum atomic E-state index is 14.2. The molecule has 2 saturated heterocycles. The number of sulfonamides is 1. The highest BCUT2D eigenvalue weighted by atomic mass is 35.5. The van der Waals surface area contributed by atoms with Gasteiger partial charge in [0, 0.05) is 84.5 Å². The van der Waals surface area contributed by atoms with Gasteiger partial charge < -0.3 is 35.5 Å². The molecule has 0 aromatic heterocycles. The number of likely N-dealkylation sites (N-methyl/N-ethyl adjacent to an activating group) is 1. The first-order valence-corrected chi connectivity index (χ1v) is 26.9. The van der Waals surface area contributed by atoms with E-state index < -0.39 is 58.9 Å². The molecule has 7 rings (SSSR count). The SMILES string of the molecule is CN(CCO)CCC(CSc1ccccc1)Nc1ccc(S(=O)(=O)NC(=O)c2ccc(N3CCC(C(O)c4cc(N5CCNCC5)ccc4-c4ccc(Cl)cc4)CC3)cc2)cc1S(=O)(=O)C(F)(F)F. The average Bonchev–Trinajstić information content (AvgIpc) is 3.35. The summed E-state index contributed by atoms with van der Waals surface area (Å²) in [6, 6.07) is 30.9. The number of aliphatic hydroxyl groups is 2. The maximum Gasteiger partial charge on any atom is 0.501 e. The Kier molecular flexibility index (Phi) is 17.3. The van der Waals surface area contributed by atoms with Crippen molar-refractivity contribution in [3.63, 3.8) is 0 Å². The zero-order valence-electron chi connectivity index (χ0n) is 37.9. The van der Waals surface area contributed by atoms with Gasteiger partial charge in [-0.1, -0.05) is 48.0 Å². The molecule has 5 N–H and O–H groups in total. The number of amides is 1. The lowest BCUT2D eigenvalue weighted by Gasteiger charge is -2.37. The van der Waals surface area contributed by atoms with Crippen LogP contribution in [0.3, 0.4) is 0 Å². The van der Waals surface area contributed by atoms with Gasteiger partial charge in [-0.15, -0.1) is 11.8 Å². The number of piperazine rings is 1. The number of nitrogens with one attached hydrogen (secondary N) is 3. The Morgan fingerprint density at radius 2 is 1.51 bits per heavy atom. The van der Waals surface area contributed by atoms with Crippen LogP contribution in [0.1, 0.15) is 41.3 Å². The Morgan fingerprint density at radius 3 is 2.16 bits per heavy atom. The standard InChI is InChI=1S/C49H56ClF3N6O7S3/c1-57(29-30-60)24-21-38(33-67-41-5-3-2-4-6-41)55-45-18-16-42(32-46(45)68(63,64)49(51,52)53)69(65,66)56-48(62)36-9-13-39(14-10-36)58-25-19-35(20-26-58)47(61)44-31-40(59-27-22-54-23-28-59)15-17-43(44)34-7-11-37(50)12-8-34/h2-18,31-32,35,38,47,54-55,60-61H,19-30,33H2,1H3,(H,56,62). The van der Waals surface area contributed by atoms with E-state index in [9.17, 15) is 45.0 Å². The molecule has 69 heavy (non-hydrogen) atoms. The zero-order chi connectivity index (χ0) is 49.3. The van der Waals surface area contributed by atoms with Crippen molar-refractivity contribution in [3.05, 3.63) is 131 Å². The molecule has 0 bridgehead atoms. The van der Waals surface area contributed by atoms with E-state index in [1.807, 2.05) is 64.2 Å². The summed E-state index contributed by atoms with van der Waals surface area (Å²) in [5.74, 6) is -0.824. The number of alkyl halides is 3. The van der Waals surface area contributed by atoms with Gasteiger partial charge in [-0.2, -0.15) is 13.2 Å². The second kappa shape index (κ2) is 22.9. The number of halogens is 4. The molecule has 370 valence electrons. The molecule has 0 aliphatic carbocycles. The van der Waals surface area contributed by atoms with E-state index in [1.165, 1.54) is 23.9 Å². The molecule has 1 amide bonds. The highest BCUT2D eigenvalue weighted by Crippen LogP contribution is 2.40. The maximum absolute atomic E-state index is 14.2. The molecule has 2 atom stereocenters. The summed E-state index contributed by atoms with van der Waals surface area (Å²) in [4.78, 5) is 18.3. The van der Waals surface area contributed by atoms with Gasteiger partial charge in [0.2, 0.25) is 0 Å². The lowest BCUT2D eigenvalue weighted by atomic mass is 9.84. The van der Waals surface area contributed by atoms with E-state index in [2.05, 4.69) is 38.6 Å². The van der Waals surface area contributed by atoms with E-state index in [4.69, 9.17) is 11.6 Å². The average molecular weight is 1030 g/mol. The van der Waals surface area contributed by atoms with Crippen molar-refractivity contribution in [2.75, 3.05) is 86.9 Å². The topological polar surface area (TPSA) is 172 Å². The molecule has 2 heterocycles. The predicted octanol–water partition coefficient (Wildman–Crippen LogP) is 7.67. The second-order valence-electron chi connectivity index (χ2n) is 17.2. The largest absolute Gasteiger partial charge is 0.501 e. The number of hydrogen-bond donors (Lipinski definition) is 5. The number of anilines is 3. The molecule has 2 aliphatic heterocycles. The first-order chi connectivity index (χ1) is 32.9. The number of piperidine rings is 1. The fourth-order valence-electron chi connectivity index (χ4n) is 8.52. The zero-order valence-corrected chi connectivity index (χ0v) is 41.1. The van der Waals surface area contributed by atoms with Crippen molar-refractivity contribution in [2.45, 2.75) is 51.6 Å². The summed E-state index contributed by atoms with van der Waals surface area (Å²) < 4.78 is 97.6. The third-order valence-corrected chi connectivity index (χ3v) is 16.7. The van der Waals surface area contributed by atoms with Crippen molar-refractivity contribution in [1.82, 2.24) is 14.9 Å². The number of carbonyl (C=O) groups excluding carboxylic acids is 1. The van der Waals surface area contributed by atoms with Gasteiger partial charge in [0.1, 0.15) is 4.90 Å². The number of sulfone groups is 1. The van der Waals surface area contributed by atoms with Crippen molar-refractivity contribution >= 4 is 66.2 Å². The number of rotatable bonds is 19. The van der Waals surface area contributed by atoms with Gasteiger partial charge in [-0.3, -0.25) is 4.79 Å². The number of benzene rings is 5. The van der Waals surface area contributed by atoms with E-state index in [-0.39, 0.29) is 18.1 Å². The fourth-order valence-corrected chi connectivity index (χ4v) is 11.7. The van der Waals surface area contributed by atoms with Gasteiger partial charge in [0.25, 0.3) is 25.8 Å². The highest BCUT2D eigenvalue weighted by molar-refractivity contribution is 7.99. The third-order valence-electron chi connectivity index (χ3n) is 12.5. The van der Waals surface area contributed by atoms with Crippen LogP contribution in [-0.2, 0) is 19.9 Å². The summed E-state index contributed by atoms with van der Waals surface area (Å²) in [5, 5.41) is 28.3. The van der Waals surface area contributed by atoms with Crippen molar-refractivity contribution in [2.24, 2.45) is 5.92 Å². The fraction of sp³-hybridized carbons (Fsp3) is 0.367. The molecule has 0 spiro atoms. The quantitative estimate of drug-likeness (QED) is 0.0512. The smallest absolute Gasteiger partial charge is 0.395 e. The van der Waals surface area contributed by atoms with Gasteiger partial charge in [0.05, 0.1) is 23.3 Å². The predicted molar refractivity (Wildman–Crippen MR) is 266 cm³/mol. The van der Waals surface area contributed by atoms with Gasteiger partial charge in [-0.25, -0.2) is 21.6 Å². The lowest BCUT2D eigenvalue weighted by molar-refractivity contribution is -0.0435. The minimum atomic E-state index is -6.10. The molecule has 2 aliphatic rings. The summed E-state index contributed by atoms with van der Waals surface area (Å²) >= 11 is 7.60. The normalized spacial score (nSPS) is 16.1. The van der Waals surface area contributed by atoms with Crippen LogP contribution in [0.25, 0.3) is 11.1 Å². The summed E-state index contributed by atoms with van der Waals surface area (Å²) in [7, 11) is -9.24. The summed E-state index contributed by atoms with van der Waals surface area (Å²) in [6.07, 6.45) is 0.906. The molecule has 2 fully saturated rings. The first kappa shape index (κ1) is 52.0. The molecule has 5 aromatic carbocycles. The van der Waals surface area contributed by atoms with Gasteiger partial charge in [0.15, 0.2) is 0 Å². The Labute approximate surface area is 411 Å². The van der Waals surface area contributed by atoms with Crippen LogP contribution in [0.5, 0.6) is 0 Å². The Balaban J connectivity index is 1.03. The second-order valence-corrected chi connectivity index (χ2v) is 22.3. The van der Waals surface area contributed by atoms with Crippen LogP contribution in [0.4, 0.5) is 30.2 Å². The first-order valence-electron chi connectivity index (χ1n) is 22.6. The van der Waals surface area contributed by atoms with Crippen molar-refractivity contribution < 1.29 is 45.0 Å². The van der Waals surface area contributed by atoms with Gasteiger partial charge in [-0.05, 0) is 134 Å². The summed E-state index contributed by atoms with van der Waals surface area (Å²) in [6.45, 7) is 5.27. The van der Waals surface area contributed by atoms with Crippen LogP contribution < -0.4 is 25.2 Å². The minimum absolute atomic E-state index is 0.0539. The molecular weight excluding hydrogens is 973 g/mol. The summed E-state index contributed by atoms with van der Waals surface area (Å²) in [5.41, 5.74) is -1.75. The number of aliphatic hydroxyl groups excluding tert-OH is 2. The van der Waals surface area contributed by atoms with Gasteiger partial charge >= 0.3 is 5.51 Å². The van der Waals surface area contributed by atoms with Crippen molar-refractivity contribution in [1.29, 1.82) is 0 Å². The van der Waals surface area contributed by atoms with E-state index >= 15 is 0 Å². The van der Waals surface area contributed by atoms with E-state index in [0.717, 1.165) is 71.3 Å². The molecule has 5 aromatic rings. The monoisotopic (exact) mass is 1030 g/mol. The van der Waals surface area contributed by atoms with Crippen molar-refractivity contribution in [3.8, 4) is 11.1 Å². The number of carbonyl (C=O) groups is 1. The lowest BCUT2D eigenvalue weighted by Crippen LogP contribution is -2.43. The Hall–Kier alpha value is -4.86.